The molecule has 4 nitrogen and oxygen atoms in total. The summed E-state index contributed by atoms with van der Waals surface area (Å²) >= 11 is 0. The molecule has 0 aromatic heterocycles. The van der Waals surface area contributed by atoms with Crippen molar-refractivity contribution < 1.29 is 14.3 Å². The molecule has 1 amide bonds. The van der Waals surface area contributed by atoms with E-state index < -0.39 is 0 Å². The maximum absolute atomic E-state index is 11.6. The molecule has 0 bridgehead atoms. The van der Waals surface area contributed by atoms with Crippen molar-refractivity contribution >= 4 is 5.91 Å². The Balaban J connectivity index is 1.61. The summed E-state index contributed by atoms with van der Waals surface area (Å²) in [5, 5.41) is 2.76. The summed E-state index contributed by atoms with van der Waals surface area (Å²) in [6.07, 6.45) is 0. The lowest BCUT2D eigenvalue weighted by Crippen LogP contribution is -2.32. The van der Waals surface area contributed by atoms with Gasteiger partial charge in [0.25, 0.3) is 5.91 Å². The van der Waals surface area contributed by atoms with Gasteiger partial charge in [-0.2, -0.15) is 0 Å². The van der Waals surface area contributed by atoms with Crippen LogP contribution in [0.15, 0.2) is 48.5 Å². The second-order valence-corrected chi connectivity index (χ2v) is 5.11. The van der Waals surface area contributed by atoms with Gasteiger partial charge in [0.15, 0.2) is 6.61 Å². The lowest BCUT2D eigenvalue weighted by atomic mass is 10.2. The minimum Gasteiger partial charge on any atom is -0.492 e. The maximum Gasteiger partial charge on any atom is 0.258 e. The highest BCUT2D eigenvalue weighted by molar-refractivity contribution is 5.77. The maximum atomic E-state index is 11.6. The van der Waals surface area contributed by atoms with Gasteiger partial charge in [-0.1, -0.05) is 35.4 Å². The molecule has 0 heterocycles. The van der Waals surface area contributed by atoms with Crippen molar-refractivity contribution in [3.8, 4) is 11.5 Å². The molecule has 0 aliphatic heterocycles. The average Bonchev–Trinajstić information content (AvgIpc) is 2.53. The van der Waals surface area contributed by atoms with Crippen molar-refractivity contribution in [2.45, 2.75) is 13.8 Å². The van der Waals surface area contributed by atoms with E-state index in [2.05, 4.69) is 5.32 Å². The van der Waals surface area contributed by atoms with Crippen molar-refractivity contribution in [1.29, 1.82) is 0 Å². The summed E-state index contributed by atoms with van der Waals surface area (Å²) in [7, 11) is 0. The van der Waals surface area contributed by atoms with Gasteiger partial charge in [0, 0.05) is 0 Å². The monoisotopic (exact) mass is 299 g/mol. The molecule has 0 aliphatic rings. The van der Waals surface area contributed by atoms with Crippen LogP contribution in [0, 0.1) is 13.8 Å². The number of benzene rings is 2. The van der Waals surface area contributed by atoms with E-state index in [0.717, 1.165) is 11.3 Å². The average molecular weight is 299 g/mol. The number of carbonyl (C=O) groups is 1. The minimum atomic E-state index is -0.159. The molecule has 4 heteroatoms. The highest BCUT2D eigenvalue weighted by atomic mass is 16.5. The molecule has 2 aromatic rings. The second-order valence-electron chi connectivity index (χ2n) is 5.11. The first-order chi connectivity index (χ1) is 10.6. The van der Waals surface area contributed by atoms with E-state index in [1.807, 2.05) is 62.4 Å². The third-order valence-electron chi connectivity index (χ3n) is 3.10. The van der Waals surface area contributed by atoms with Gasteiger partial charge in [0.1, 0.15) is 18.1 Å². The number of hydrogen-bond donors (Lipinski definition) is 1. The lowest BCUT2D eigenvalue weighted by molar-refractivity contribution is -0.123. The molecule has 0 radical (unpaired) electrons. The Kier molecular flexibility index (Phi) is 5.83. The van der Waals surface area contributed by atoms with Crippen LogP contribution in [0.4, 0.5) is 0 Å². The van der Waals surface area contributed by atoms with Crippen LogP contribution < -0.4 is 14.8 Å². The first-order valence-electron chi connectivity index (χ1n) is 7.29. The molecule has 2 rings (SSSR count). The van der Waals surface area contributed by atoms with Crippen LogP contribution in [0.2, 0.25) is 0 Å². The van der Waals surface area contributed by atoms with Gasteiger partial charge in [0.05, 0.1) is 6.54 Å². The summed E-state index contributed by atoms with van der Waals surface area (Å²) in [6.45, 7) is 4.92. The predicted octanol–water partition coefficient (Wildman–Crippen LogP) is 2.88. The molecule has 0 saturated heterocycles. The van der Waals surface area contributed by atoms with E-state index in [1.165, 1.54) is 5.56 Å². The summed E-state index contributed by atoms with van der Waals surface area (Å²) < 4.78 is 10.9. The van der Waals surface area contributed by atoms with Crippen LogP contribution in [0.1, 0.15) is 11.1 Å². The second kappa shape index (κ2) is 8.08. The predicted molar refractivity (Wildman–Crippen MR) is 86.4 cm³/mol. The number of ether oxygens (including phenoxy) is 2. The van der Waals surface area contributed by atoms with E-state index >= 15 is 0 Å². The zero-order chi connectivity index (χ0) is 15.8. The molecule has 0 fully saturated rings. The highest BCUT2D eigenvalue weighted by Gasteiger charge is 2.02. The van der Waals surface area contributed by atoms with Gasteiger partial charge < -0.3 is 14.8 Å². The van der Waals surface area contributed by atoms with Crippen molar-refractivity contribution in [3.63, 3.8) is 0 Å². The Morgan fingerprint density at radius 2 is 1.36 bits per heavy atom. The topological polar surface area (TPSA) is 47.6 Å². The molecular formula is C18H21NO3. The summed E-state index contributed by atoms with van der Waals surface area (Å²) in [5.74, 6) is 1.33. The fraction of sp³-hybridized carbons (Fsp3) is 0.278. The van der Waals surface area contributed by atoms with Crippen LogP contribution >= 0.6 is 0 Å². The van der Waals surface area contributed by atoms with E-state index in [9.17, 15) is 4.79 Å². The first-order valence-corrected chi connectivity index (χ1v) is 7.29. The summed E-state index contributed by atoms with van der Waals surface area (Å²) in [5.41, 5.74) is 2.35. The number of rotatable bonds is 7. The Morgan fingerprint density at radius 1 is 0.864 bits per heavy atom. The third-order valence-corrected chi connectivity index (χ3v) is 3.10. The van der Waals surface area contributed by atoms with Gasteiger partial charge in [-0.05, 0) is 38.1 Å². The number of carbonyl (C=O) groups excluding carboxylic acids is 1. The van der Waals surface area contributed by atoms with E-state index in [-0.39, 0.29) is 12.5 Å². The minimum absolute atomic E-state index is 0.00753. The smallest absolute Gasteiger partial charge is 0.258 e. The number of aryl methyl sites for hydroxylation is 2. The molecule has 2 aromatic carbocycles. The largest absolute Gasteiger partial charge is 0.492 e. The molecule has 0 aliphatic carbocycles. The Bertz CT molecular complexity index is 591. The van der Waals surface area contributed by atoms with E-state index in [0.29, 0.717) is 18.9 Å². The lowest BCUT2D eigenvalue weighted by Gasteiger charge is -2.09. The van der Waals surface area contributed by atoms with Gasteiger partial charge in [-0.15, -0.1) is 0 Å². The summed E-state index contributed by atoms with van der Waals surface area (Å²) in [6, 6.07) is 15.4. The van der Waals surface area contributed by atoms with Crippen LogP contribution in [0.3, 0.4) is 0 Å². The van der Waals surface area contributed by atoms with Crippen molar-refractivity contribution in [1.82, 2.24) is 5.32 Å². The quantitative estimate of drug-likeness (QED) is 0.800. The van der Waals surface area contributed by atoms with Crippen LogP contribution in [-0.4, -0.2) is 25.7 Å². The van der Waals surface area contributed by atoms with E-state index in [4.69, 9.17) is 9.47 Å². The molecule has 1 N–H and O–H groups in total. The standard InChI is InChI=1S/C18H21NO3/c1-14-3-7-16(8-4-14)21-12-11-19-18(20)13-22-17-9-5-15(2)6-10-17/h3-10H,11-13H2,1-2H3,(H,19,20). The Hall–Kier alpha value is -2.49. The fourth-order valence-corrected chi connectivity index (χ4v) is 1.83. The van der Waals surface area contributed by atoms with Crippen LogP contribution in [-0.2, 0) is 4.79 Å². The molecular weight excluding hydrogens is 278 g/mol. The Labute approximate surface area is 131 Å². The number of hydrogen-bond acceptors (Lipinski definition) is 3. The molecule has 0 saturated carbocycles. The molecule has 22 heavy (non-hydrogen) atoms. The van der Waals surface area contributed by atoms with Gasteiger partial charge >= 0.3 is 0 Å². The molecule has 0 spiro atoms. The van der Waals surface area contributed by atoms with E-state index in [1.54, 1.807) is 0 Å². The highest BCUT2D eigenvalue weighted by Crippen LogP contribution is 2.11. The number of amides is 1. The van der Waals surface area contributed by atoms with Gasteiger partial charge in [0.2, 0.25) is 0 Å². The zero-order valence-electron chi connectivity index (χ0n) is 13.0. The van der Waals surface area contributed by atoms with Crippen LogP contribution in [0.25, 0.3) is 0 Å². The normalized spacial score (nSPS) is 10.1. The zero-order valence-corrected chi connectivity index (χ0v) is 13.0. The van der Waals surface area contributed by atoms with Crippen molar-refractivity contribution in [2.24, 2.45) is 0 Å². The fourth-order valence-electron chi connectivity index (χ4n) is 1.83. The molecule has 116 valence electrons. The van der Waals surface area contributed by atoms with Crippen LogP contribution in [0.5, 0.6) is 11.5 Å². The molecule has 0 atom stereocenters. The summed E-state index contributed by atoms with van der Waals surface area (Å²) in [4.78, 5) is 11.6. The van der Waals surface area contributed by atoms with Gasteiger partial charge in [-0.25, -0.2) is 0 Å². The third kappa shape index (κ3) is 5.48. The number of nitrogens with one attached hydrogen (secondary N) is 1. The molecule has 0 unspecified atom stereocenters. The Morgan fingerprint density at radius 3 is 1.91 bits per heavy atom. The van der Waals surface area contributed by atoms with Crippen molar-refractivity contribution in [3.05, 3.63) is 59.7 Å². The first kappa shape index (κ1) is 15.9. The SMILES string of the molecule is Cc1ccc(OCCNC(=O)COc2ccc(C)cc2)cc1. The van der Waals surface area contributed by atoms with Crippen molar-refractivity contribution in [2.75, 3.05) is 19.8 Å². The van der Waals surface area contributed by atoms with Gasteiger partial charge in [-0.3, -0.25) is 4.79 Å².